The molecule has 1 fully saturated rings. The van der Waals surface area contributed by atoms with E-state index in [1.807, 2.05) is 4.90 Å². The van der Waals surface area contributed by atoms with Crippen LogP contribution in [0.2, 0.25) is 5.02 Å². The van der Waals surface area contributed by atoms with Gasteiger partial charge in [0.15, 0.2) is 0 Å². The van der Waals surface area contributed by atoms with Crippen LogP contribution in [0.4, 0.5) is 5.95 Å². The number of carbonyl (C=O) groups is 1. The van der Waals surface area contributed by atoms with E-state index >= 15 is 0 Å². The third-order valence-corrected chi connectivity index (χ3v) is 3.07. The lowest BCUT2D eigenvalue weighted by Gasteiger charge is -2.19. The van der Waals surface area contributed by atoms with E-state index in [2.05, 4.69) is 9.97 Å². The third-order valence-electron chi connectivity index (χ3n) is 2.88. The molecule has 0 aromatic carbocycles. The Morgan fingerprint density at radius 3 is 2.69 bits per heavy atom. The van der Waals surface area contributed by atoms with Crippen molar-refractivity contribution in [3.05, 3.63) is 17.4 Å². The maximum Gasteiger partial charge on any atom is 0.311 e. The molecule has 5 nitrogen and oxygen atoms in total. The maximum absolute atomic E-state index is 11.1. The van der Waals surface area contributed by atoms with Crippen LogP contribution in [-0.2, 0) is 4.79 Å². The molecule has 1 saturated heterocycles. The Hall–Kier alpha value is -1.36. The fourth-order valence-electron chi connectivity index (χ4n) is 1.78. The van der Waals surface area contributed by atoms with Crippen LogP contribution in [-0.4, -0.2) is 34.1 Å². The second-order valence-corrected chi connectivity index (χ2v) is 4.68. The highest BCUT2D eigenvalue weighted by molar-refractivity contribution is 6.30. The van der Waals surface area contributed by atoms with E-state index in [1.54, 1.807) is 6.92 Å². The van der Waals surface area contributed by atoms with Gasteiger partial charge in [-0.3, -0.25) is 4.79 Å². The second kappa shape index (κ2) is 3.90. The number of anilines is 1. The Balaban J connectivity index is 2.15. The Labute approximate surface area is 98.1 Å². The van der Waals surface area contributed by atoms with Crippen LogP contribution < -0.4 is 4.90 Å². The zero-order valence-electron chi connectivity index (χ0n) is 8.85. The van der Waals surface area contributed by atoms with Crippen molar-refractivity contribution in [3.63, 3.8) is 0 Å². The second-order valence-electron chi connectivity index (χ2n) is 4.24. The van der Waals surface area contributed by atoms with Crippen molar-refractivity contribution in [2.45, 2.75) is 13.3 Å². The Morgan fingerprint density at radius 2 is 2.19 bits per heavy atom. The molecule has 2 heterocycles. The summed E-state index contributed by atoms with van der Waals surface area (Å²) in [4.78, 5) is 21.1. The highest BCUT2D eigenvalue weighted by Crippen LogP contribution is 2.31. The molecule has 86 valence electrons. The molecule has 0 radical (unpaired) electrons. The lowest BCUT2D eigenvalue weighted by Crippen LogP contribution is -2.32. The summed E-state index contributed by atoms with van der Waals surface area (Å²) in [7, 11) is 0. The molecule has 2 rings (SSSR count). The quantitative estimate of drug-likeness (QED) is 0.849. The molecule has 1 aromatic rings. The van der Waals surface area contributed by atoms with Crippen molar-refractivity contribution in [3.8, 4) is 0 Å². The van der Waals surface area contributed by atoms with Crippen molar-refractivity contribution in [1.29, 1.82) is 0 Å². The van der Waals surface area contributed by atoms with E-state index in [9.17, 15) is 4.79 Å². The van der Waals surface area contributed by atoms with Gasteiger partial charge >= 0.3 is 5.97 Å². The average Bonchev–Trinajstić information content (AvgIpc) is 2.63. The van der Waals surface area contributed by atoms with Crippen LogP contribution in [0, 0.1) is 5.41 Å². The standard InChI is InChI=1S/C10H12ClN3O2/c1-10(8(15)16)2-3-14(6-10)9-12-4-7(11)5-13-9/h4-5H,2-3,6H2,1H3,(H,15,16). The van der Waals surface area contributed by atoms with Crippen LogP contribution in [0.3, 0.4) is 0 Å². The first kappa shape index (κ1) is 11.1. The van der Waals surface area contributed by atoms with Gasteiger partial charge in [0, 0.05) is 13.1 Å². The number of hydrogen-bond donors (Lipinski definition) is 1. The molecule has 1 unspecified atom stereocenters. The van der Waals surface area contributed by atoms with Crippen LogP contribution >= 0.6 is 11.6 Å². The lowest BCUT2D eigenvalue weighted by molar-refractivity contribution is -0.146. The first-order valence-corrected chi connectivity index (χ1v) is 5.35. The predicted octanol–water partition coefficient (Wildman–Crippen LogP) is 1.43. The number of nitrogens with zero attached hydrogens (tertiary/aromatic N) is 3. The van der Waals surface area contributed by atoms with Crippen molar-refractivity contribution < 1.29 is 9.90 Å². The number of hydrogen-bond acceptors (Lipinski definition) is 4. The van der Waals surface area contributed by atoms with Gasteiger partial charge in [0.25, 0.3) is 0 Å². The van der Waals surface area contributed by atoms with Crippen molar-refractivity contribution in [2.75, 3.05) is 18.0 Å². The summed E-state index contributed by atoms with van der Waals surface area (Å²) < 4.78 is 0. The molecule has 0 aliphatic carbocycles. The summed E-state index contributed by atoms with van der Waals surface area (Å²) in [6.45, 7) is 2.83. The molecule has 6 heteroatoms. The molecule has 1 aliphatic rings. The highest BCUT2D eigenvalue weighted by Gasteiger charge is 2.41. The van der Waals surface area contributed by atoms with E-state index < -0.39 is 11.4 Å². The normalized spacial score (nSPS) is 24.8. The van der Waals surface area contributed by atoms with Crippen molar-refractivity contribution in [2.24, 2.45) is 5.41 Å². The van der Waals surface area contributed by atoms with Gasteiger partial charge < -0.3 is 10.0 Å². The van der Waals surface area contributed by atoms with Gasteiger partial charge in [-0.05, 0) is 13.3 Å². The molecule has 0 saturated carbocycles. The van der Waals surface area contributed by atoms with Gasteiger partial charge in [-0.2, -0.15) is 0 Å². The van der Waals surface area contributed by atoms with E-state index in [-0.39, 0.29) is 0 Å². The topological polar surface area (TPSA) is 66.3 Å². The van der Waals surface area contributed by atoms with Gasteiger partial charge in [-0.15, -0.1) is 0 Å². The van der Waals surface area contributed by atoms with Crippen LogP contribution in [0.25, 0.3) is 0 Å². The Morgan fingerprint density at radius 1 is 1.56 bits per heavy atom. The number of rotatable bonds is 2. The monoisotopic (exact) mass is 241 g/mol. The van der Waals surface area contributed by atoms with Crippen LogP contribution in [0.15, 0.2) is 12.4 Å². The summed E-state index contributed by atoms with van der Waals surface area (Å²) in [6.07, 6.45) is 3.63. The zero-order valence-corrected chi connectivity index (χ0v) is 9.61. The van der Waals surface area contributed by atoms with Crippen molar-refractivity contribution in [1.82, 2.24) is 9.97 Å². The average molecular weight is 242 g/mol. The molecule has 0 bridgehead atoms. The van der Waals surface area contributed by atoms with Gasteiger partial charge in [0.2, 0.25) is 5.95 Å². The van der Waals surface area contributed by atoms with Crippen LogP contribution in [0.1, 0.15) is 13.3 Å². The number of aromatic nitrogens is 2. The lowest BCUT2D eigenvalue weighted by atomic mass is 9.90. The summed E-state index contributed by atoms with van der Waals surface area (Å²) in [6, 6.07) is 0. The summed E-state index contributed by atoms with van der Waals surface area (Å²) >= 11 is 5.69. The molecule has 1 N–H and O–H groups in total. The van der Waals surface area contributed by atoms with Gasteiger partial charge in [-0.1, -0.05) is 11.6 Å². The van der Waals surface area contributed by atoms with Gasteiger partial charge in [-0.25, -0.2) is 9.97 Å². The molecule has 1 aliphatic heterocycles. The molecule has 1 aromatic heterocycles. The smallest absolute Gasteiger partial charge is 0.311 e. The zero-order chi connectivity index (χ0) is 11.8. The molecule has 0 spiro atoms. The van der Waals surface area contributed by atoms with E-state index in [0.717, 1.165) is 0 Å². The van der Waals surface area contributed by atoms with Gasteiger partial charge in [0.05, 0.1) is 22.8 Å². The highest BCUT2D eigenvalue weighted by atomic mass is 35.5. The minimum atomic E-state index is -0.774. The first-order chi connectivity index (χ1) is 7.51. The maximum atomic E-state index is 11.1. The Bertz CT molecular complexity index is 409. The minimum absolute atomic E-state index is 0.434. The molecule has 0 amide bonds. The molecule has 16 heavy (non-hydrogen) atoms. The fourth-order valence-corrected chi connectivity index (χ4v) is 1.87. The summed E-state index contributed by atoms with van der Waals surface area (Å²) in [5.74, 6) is -0.238. The largest absolute Gasteiger partial charge is 0.481 e. The SMILES string of the molecule is CC1(C(=O)O)CCN(c2ncc(Cl)cn2)C1. The van der Waals surface area contributed by atoms with Gasteiger partial charge in [0.1, 0.15) is 0 Å². The van der Waals surface area contributed by atoms with E-state index in [0.29, 0.717) is 30.5 Å². The van der Waals surface area contributed by atoms with Crippen LogP contribution in [0.5, 0.6) is 0 Å². The minimum Gasteiger partial charge on any atom is -0.481 e. The van der Waals surface area contributed by atoms with E-state index in [4.69, 9.17) is 16.7 Å². The number of carboxylic acids is 1. The van der Waals surface area contributed by atoms with E-state index in [1.165, 1.54) is 12.4 Å². The Kier molecular flexibility index (Phi) is 2.71. The van der Waals surface area contributed by atoms with Crippen molar-refractivity contribution >= 4 is 23.5 Å². The number of carboxylic acid groups (broad SMARTS) is 1. The molecular weight excluding hydrogens is 230 g/mol. The number of halogens is 1. The molecular formula is C10H12ClN3O2. The number of aliphatic carboxylic acids is 1. The summed E-state index contributed by atoms with van der Waals surface area (Å²) in [5, 5.41) is 9.57. The third kappa shape index (κ3) is 1.95. The predicted molar refractivity (Wildman–Crippen MR) is 59.6 cm³/mol. The first-order valence-electron chi connectivity index (χ1n) is 4.97. The fraction of sp³-hybridized carbons (Fsp3) is 0.500. The molecule has 1 atom stereocenters. The summed E-state index contributed by atoms with van der Waals surface area (Å²) in [5.41, 5.74) is -0.705.